The number of carbonyl (C=O) groups excluding carboxylic acids is 1. The van der Waals surface area contributed by atoms with Gasteiger partial charge in [-0.15, -0.1) is 0 Å². The van der Waals surface area contributed by atoms with E-state index in [1.165, 1.54) is 24.4 Å². The molecule has 0 bridgehead atoms. The molecule has 2 heterocycles. The SMILES string of the molecule is Cc1ccc(C)n1-c1ccc(OCc2ccc(C(=O)N/N=C/c3cc(Cl)cc([N+](=O)[O-])c3OCc3ccc(Br)cc3)o2)cc1. The number of amides is 1. The molecule has 0 fully saturated rings. The molecule has 0 aliphatic heterocycles. The number of nitrogens with zero attached hydrogens (tertiary/aromatic N) is 3. The summed E-state index contributed by atoms with van der Waals surface area (Å²) >= 11 is 9.48. The molecule has 0 unspecified atom stereocenters. The van der Waals surface area contributed by atoms with Crippen LogP contribution in [-0.4, -0.2) is 21.6 Å². The summed E-state index contributed by atoms with van der Waals surface area (Å²) in [5.41, 5.74) is 6.35. The Morgan fingerprint density at radius 1 is 1.00 bits per heavy atom. The fourth-order valence-corrected chi connectivity index (χ4v) is 4.92. The lowest BCUT2D eigenvalue weighted by Crippen LogP contribution is -2.17. The second-order valence-electron chi connectivity index (χ2n) is 9.71. The van der Waals surface area contributed by atoms with Crippen LogP contribution in [0.2, 0.25) is 5.02 Å². The third-order valence-corrected chi connectivity index (χ3v) is 7.31. The summed E-state index contributed by atoms with van der Waals surface area (Å²) in [4.78, 5) is 23.8. The fraction of sp³-hybridized carbons (Fsp3) is 0.125. The van der Waals surface area contributed by atoms with E-state index in [1.807, 2.05) is 48.5 Å². The lowest BCUT2D eigenvalue weighted by molar-refractivity contribution is -0.385. The highest BCUT2D eigenvalue weighted by Crippen LogP contribution is 2.34. The van der Waals surface area contributed by atoms with Gasteiger partial charge in [-0.05, 0) is 86.1 Å². The zero-order valence-electron chi connectivity index (χ0n) is 23.6. The molecule has 0 saturated heterocycles. The third-order valence-electron chi connectivity index (χ3n) is 6.56. The number of hydrogen-bond donors (Lipinski definition) is 1. The molecule has 0 saturated carbocycles. The Bertz CT molecular complexity index is 1810. The summed E-state index contributed by atoms with van der Waals surface area (Å²) in [5.74, 6) is 0.442. The van der Waals surface area contributed by atoms with E-state index >= 15 is 0 Å². The third kappa shape index (κ3) is 7.36. The molecule has 2 aromatic heterocycles. The van der Waals surface area contributed by atoms with Crippen molar-refractivity contribution in [2.45, 2.75) is 27.1 Å². The number of aromatic nitrogens is 1. The highest BCUT2D eigenvalue weighted by molar-refractivity contribution is 9.10. The van der Waals surface area contributed by atoms with Gasteiger partial charge in [0.15, 0.2) is 5.76 Å². The predicted molar refractivity (Wildman–Crippen MR) is 170 cm³/mol. The van der Waals surface area contributed by atoms with Crippen molar-refractivity contribution in [3.63, 3.8) is 0 Å². The van der Waals surface area contributed by atoms with E-state index in [0.29, 0.717) is 11.5 Å². The minimum atomic E-state index is -0.622. The summed E-state index contributed by atoms with van der Waals surface area (Å²) in [6.45, 7) is 4.28. The van der Waals surface area contributed by atoms with Gasteiger partial charge in [0.05, 0.1) is 11.1 Å². The molecule has 0 atom stereocenters. The van der Waals surface area contributed by atoms with Crippen LogP contribution < -0.4 is 14.9 Å². The zero-order chi connectivity index (χ0) is 31.2. The molecule has 5 aromatic rings. The Hall–Kier alpha value is -4.87. The van der Waals surface area contributed by atoms with E-state index in [-0.39, 0.29) is 41.0 Å². The van der Waals surface area contributed by atoms with Crippen molar-refractivity contribution in [2.75, 3.05) is 0 Å². The van der Waals surface area contributed by atoms with Crippen LogP contribution >= 0.6 is 27.5 Å². The molecular weight excluding hydrogens is 652 g/mol. The number of nitro benzene ring substituents is 1. The Morgan fingerprint density at radius 2 is 1.70 bits per heavy atom. The molecular formula is C32H26BrClN4O6. The fourth-order valence-electron chi connectivity index (χ4n) is 4.44. The van der Waals surface area contributed by atoms with Crippen LogP contribution in [-0.2, 0) is 13.2 Å². The molecule has 1 N–H and O–H groups in total. The summed E-state index contributed by atoms with van der Waals surface area (Å²) < 4.78 is 20.3. The van der Waals surface area contributed by atoms with E-state index in [0.717, 1.165) is 27.1 Å². The topological polar surface area (TPSA) is 121 Å². The van der Waals surface area contributed by atoms with Gasteiger partial charge >= 0.3 is 11.6 Å². The predicted octanol–water partition coefficient (Wildman–Crippen LogP) is 7.93. The number of hydrogen-bond acceptors (Lipinski definition) is 7. The van der Waals surface area contributed by atoms with Crippen LogP contribution in [0.4, 0.5) is 5.69 Å². The van der Waals surface area contributed by atoms with Gasteiger partial charge in [-0.1, -0.05) is 39.7 Å². The first-order chi connectivity index (χ1) is 21.2. The first-order valence-corrected chi connectivity index (χ1v) is 14.5. The zero-order valence-corrected chi connectivity index (χ0v) is 26.0. The first kappa shape index (κ1) is 30.6. The average Bonchev–Trinajstić information content (AvgIpc) is 3.62. The quantitative estimate of drug-likeness (QED) is 0.0861. The van der Waals surface area contributed by atoms with E-state index in [9.17, 15) is 14.9 Å². The van der Waals surface area contributed by atoms with Gasteiger partial charge in [0.1, 0.15) is 24.7 Å². The summed E-state index contributed by atoms with van der Waals surface area (Å²) in [7, 11) is 0. The highest BCUT2D eigenvalue weighted by Gasteiger charge is 2.21. The highest BCUT2D eigenvalue weighted by atomic mass is 79.9. The Labute approximate surface area is 266 Å². The van der Waals surface area contributed by atoms with Gasteiger partial charge in [0.2, 0.25) is 5.75 Å². The Morgan fingerprint density at radius 3 is 2.39 bits per heavy atom. The van der Waals surface area contributed by atoms with Gasteiger partial charge in [0, 0.05) is 38.2 Å². The van der Waals surface area contributed by atoms with Crippen LogP contribution in [0.3, 0.4) is 0 Å². The number of rotatable bonds is 11. The number of hydrazone groups is 1. The van der Waals surface area contributed by atoms with Crippen molar-refractivity contribution in [3.05, 3.63) is 139 Å². The van der Waals surface area contributed by atoms with Crippen LogP contribution in [0.15, 0.2) is 98.9 Å². The molecule has 1 amide bonds. The van der Waals surface area contributed by atoms with Crippen LogP contribution in [0, 0.1) is 24.0 Å². The molecule has 0 radical (unpaired) electrons. The normalized spacial score (nSPS) is 11.1. The smallest absolute Gasteiger partial charge is 0.313 e. The summed E-state index contributed by atoms with van der Waals surface area (Å²) in [5, 5.41) is 15.8. The lowest BCUT2D eigenvalue weighted by atomic mass is 10.2. The second kappa shape index (κ2) is 13.6. The van der Waals surface area contributed by atoms with Gasteiger partial charge in [-0.25, -0.2) is 5.43 Å². The summed E-state index contributed by atoms with van der Waals surface area (Å²) in [6, 6.07) is 24.9. The number of halogens is 2. The Balaban J connectivity index is 1.21. The molecule has 0 aliphatic rings. The number of carbonyl (C=O) groups is 1. The minimum Gasteiger partial charge on any atom is -0.486 e. The maximum Gasteiger partial charge on any atom is 0.313 e. The molecule has 5 rings (SSSR count). The van der Waals surface area contributed by atoms with Crippen molar-refractivity contribution >= 4 is 45.3 Å². The maximum atomic E-state index is 12.7. The van der Waals surface area contributed by atoms with Crippen LogP contribution in [0.1, 0.15) is 38.8 Å². The molecule has 0 aliphatic carbocycles. The van der Waals surface area contributed by atoms with E-state index in [1.54, 1.807) is 6.07 Å². The van der Waals surface area contributed by atoms with Gasteiger partial charge < -0.3 is 18.5 Å². The van der Waals surface area contributed by atoms with E-state index < -0.39 is 10.8 Å². The average molecular weight is 678 g/mol. The molecule has 44 heavy (non-hydrogen) atoms. The summed E-state index contributed by atoms with van der Waals surface area (Å²) in [6.07, 6.45) is 1.22. The molecule has 12 heteroatoms. The van der Waals surface area contributed by atoms with Gasteiger partial charge in [-0.3, -0.25) is 14.9 Å². The maximum absolute atomic E-state index is 12.7. The molecule has 3 aromatic carbocycles. The van der Waals surface area contributed by atoms with Gasteiger partial charge in [0.25, 0.3) is 0 Å². The van der Waals surface area contributed by atoms with Crippen molar-refractivity contribution in [1.82, 2.24) is 9.99 Å². The number of nitrogens with one attached hydrogen (secondary N) is 1. The molecule has 10 nitrogen and oxygen atoms in total. The molecule has 0 spiro atoms. The number of aryl methyl sites for hydroxylation is 2. The molecule has 224 valence electrons. The van der Waals surface area contributed by atoms with E-state index in [2.05, 4.69) is 57.0 Å². The second-order valence-corrected chi connectivity index (χ2v) is 11.1. The number of nitro groups is 1. The largest absolute Gasteiger partial charge is 0.486 e. The van der Waals surface area contributed by atoms with Crippen LogP contribution in [0.5, 0.6) is 11.5 Å². The number of furan rings is 1. The number of ether oxygens (including phenoxy) is 2. The van der Waals surface area contributed by atoms with Crippen molar-refractivity contribution in [3.8, 4) is 17.2 Å². The Kier molecular flexibility index (Phi) is 9.47. The van der Waals surface area contributed by atoms with Crippen molar-refractivity contribution in [2.24, 2.45) is 5.10 Å². The monoisotopic (exact) mass is 676 g/mol. The standard InChI is InChI=1S/C32H26BrClN4O6/c1-20-3-4-21(2)37(20)26-9-11-27(12-10-26)42-19-28-13-14-30(44-28)32(39)36-35-17-23-15-25(34)16-29(38(40)41)31(23)43-18-22-5-7-24(33)8-6-22/h3-17H,18-19H2,1-2H3,(H,36,39)/b35-17+. The lowest BCUT2D eigenvalue weighted by Gasteiger charge is -2.11. The first-order valence-electron chi connectivity index (χ1n) is 13.3. The van der Waals surface area contributed by atoms with Crippen LogP contribution in [0.25, 0.3) is 5.69 Å². The van der Waals surface area contributed by atoms with Crippen molar-refractivity contribution < 1.29 is 23.6 Å². The van der Waals surface area contributed by atoms with Crippen molar-refractivity contribution in [1.29, 1.82) is 0 Å². The van der Waals surface area contributed by atoms with E-state index in [4.69, 9.17) is 25.5 Å². The number of benzene rings is 3. The minimum absolute atomic E-state index is 0.0124. The van der Waals surface area contributed by atoms with Gasteiger partial charge in [-0.2, -0.15) is 5.10 Å².